The highest BCUT2D eigenvalue weighted by Crippen LogP contribution is 2.21. The van der Waals surface area contributed by atoms with Gasteiger partial charge in [0.25, 0.3) is 0 Å². The molecule has 0 saturated heterocycles. The van der Waals surface area contributed by atoms with E-state index in [1.807, 2.05) is 13.8 Å². The zero-order valence-electron chi connectivity index (χ0n) is 13.9. The van der Waals surface area contributed by atoms with Gasteiger partial charge in [0.1, 0.15) is 0 Å². The quantitative estimate of drug-likeness (QED) is 0.413. The summed E-state index contributed by atoms with van der Waals surface area (Å²) in [5.41, 5.74) is 5.40. The number of carbonyl (C=O) groups excluding carboxylic acids is 1. The van der Waals surface area contributed by atoms with Crippen LogP contribution in [0.5, 0.6) is 0 Å². The lowest BCUT2D eigenvalue weighted by atomic mass is 9.91. The van der Waals surface area contributed by atoms with E-state index in [1.54, 1.807) is 0 Å². The smallest absolute Gasteiger partial charge is 0.303 e. The molecule has 0 aliphatic rings. The molecular weight excluding hydrogens is 284 g/mol. The molecule has 5 N–H and O–H groups in total. The van der Waals surface area contributed by atoms with Crippen molar-refractivity contribution in [3.8, 4) is 0 Å². The number of aliphatic carboxylic acids is 1. The number of nitrogens with two attached hydrogens (primary N) is 1. The van der Waals surface area contributed by atoms with Crippen LogP contribution in [0.1, 0.15) is 65.2 Å². The summed E-state index contributed by atoms with van der Waals surface area (Å²) in [4.78, 5) is 22.5. The third-order valence-corrected chi connectivity index (χ3v) is 3.58. The monoisotopic (exact) mass is 316 g/mol. The van der Waals surface area contributed by atoms with Gasteiger partial charge < -0.3 is 21.3 Å². The second kappa shape index (κ2) is 12.4. The maximum atomic E-state index is 11.9. The molecule has 6 heteroatoms. The molecule has 1 amide bonds. The molecule has 0 heterocycles. The van der Waals surface area contributed by atoms with Crippen LogP contribution in [0.25, 0.3) is 0 Å². The van der Waals surface area contributed by atoms with Crippen LogP contribution in [0.4, 0.5) is 0 Å². The predicted molar refractivity (Wildman–Crippen MR) is 86.4 cm³/mol. The van der Waals surface area contributed by atoms with E-state index in [0.29, 0.717) is 32.2 Å². The molecule has 0 spiro atoms. The van der Waals surface area contributed by atoms with E-state index < -0.39 is 5.97 Å². The number of aliphatic hydroxyl groups excluding tert-OH is 1. The van der Waals surface area contributed by atoms with Gasteiger partial charge in [-0.05, 0) is 58.4 Å². The Morgan fingerprint density at radius 2 is 1.73 bits per heavy atom. The van der Waals surface area contributed by atoms with Gasteiger partial charge in [-0.1, -0.05) is 6.42 Å². The van der Waals surface area contributed by atoms with Gasteiger partial charge in [-0.15, -0.1) is 0 Å². The van der Waals surface area contributed by atoms with Crippen LogP contribution in [-0.4, -0.2) is 40.8 Å². The molecule has 0 aliphatic carbocycles. The number of aliphatic hydroxyl groups is 1. The zero-order chi connectivity index (χ0) is 17.0. The minimum atomic E-state index is -0.802. The average molecular weight is 316 g/mol. The van der Waals surface area contributed by atoms with Crippen LogP contribution in [0.15, 0.2) is 0 Å². The molecule has 0 bridgehead atoms. The highest BCUT2D eigenvalue weighted by atomic mass is 16.4. The van der Waals surface area contributed by atoms with Gasteiger partial charge in [0, 0.05) is 18.9 Å². The van der Waals surface area contributed by atoms with Crippen LogP contribution in [-0.2, 0) is 9.59 Å². The summed E-state index contributed by atoms with van der Waals surface area (Å²) >= 11 is 0. The summed E-state index contributed by atoms with van der Waals surface area (Å²) in [6.45, 7) is 4.31. The summed E-state index contributed by atoms with van der Waals surface area (Å²) in [6, 6.07) is 0.110. The van der Waals surface area contributed by atoms with Crippen LogP contribution < -0.4 is 11.1 Å². The average Bonchev–Trinajstić information content (AvgIpc) is 2.37. The van der Waals surface area contributed by atoms with Crippen molar-refractivity contribution in [1.29, 1.82) is 0 Å². The second-order valence-electron chi connectivity index (χ2n) is 6.24. The molecule has 130 valence electrons. The molecule has 0 aromatic rings. The third kappa shape index (κ3) is 12.6. The molecule has 0 aromatic heterocycles. The molecular formula is C16H32N2O4. The Hall–Kier alpha value is -1.14. The van der Waals surface area contributed by atoms with E-state index in [9.17, 15) is 14.7 Å². The fourth-order valence-corrected chi connectivity index (χ4v) is 2.51. The van der Waals surface area contributed by atoms with Gasteiger partial charge in [0.2, 0.25) is 5.91 Å². The van der Waals surface area contributed by atoms with Gasteiger partial charge in [-0.3, -0.25) is 9.59 Å². The predicted octanol–water partition coefficient (Wildman–Crippen LogP) is 1.65. The molecule has 0 aromatic carbocycles. The maximum absolute atomic E-state index is 11.9. The summed E-state index contributed by atoms with van der Waals surface area (Å²) < 4.78 is 0. The maximum Gasteiger partial charge on any atom is 0.303 e. The van der Waals surface area contributed by atoms with E-state index in [2.05, 4.69) is 5.32 Å². The summed E-state index contributed by atoms with van der Waals surface area (Å²) in [6.07, 6.45) is 4.42. The van der Waals surface area contributed by atoms with Crippen LogP contribution in [0.2, 0.25) is 0 Å². The van der Waals surface area contributed by atoms with E-state index in [4.69, 9.17) is 10.8 Å². The minimum Gasteiger partial charge on any atom is -0.481 e. The Bertz CT molecular complexity index is 321. The second-order valence-corrected chi connectivity index (χ2v) is 6.24. The topological polar surface area (TPSA) is 113 Å². The van der Waals surface area contributed by atoms with Crippen molar-refractivity contribution in [2.45, 2.75) is 77.4 Å². The Labute approximate surface area is 133 Å². The summed E-state index contributed by atoms with van der Waals surface area (Å²) in [7, 11) is 0. The molecule has 2 atom stereocenters. The number of carboxylic acid groups (broad SMARTS) is 1. The van der Waals surface area contributed by atoms with E-state index in [0.717, 1.165) is 19.3 Å². The molecule has 0 saturated carbocycles. The number of carbonyl (C=O) groups is 2. The third-order valence-electron chi connectivity index (χ3n) is 3.58. The number of rotatable bonds is 13. The van der Waals surface area contributed by atoms with Crippen molar-refractivity contribution in [2.24, 2.45) is 11.7 Å². The van der Waals surface area contributed by atoms with Crippen LogP contribution in [0.3, 0.4) is 0 Å². The van der Waals surface area contributed by atoms with Crippen molar-refractivity contribution < 1.29 is 19.8 Å². The first-order valence-corrected chi connectivity index (χ1v) is 8.24. The molecule has 6 nitrogen and oxygen atoms in total. The lowest BCUT2D eigenvalue weighted by molar-refractivity contribution is -0.137. The number of amides is 1. The highest BCUT2D eigenvalue weighted by Gasteiger charge is 2.16. The molecule has 22 heavy (non-hydrogen) atoms. The van der Waals surface area contributed by atoms with Gasteiger partial charge >= 0.3 is 5.97 Å². The van der Waals surface area contributed by atoms with Crippen molar-refractivity contribution >= 4 is 11.9 Å². The zero-order valence-corrected chi connectivity index (χ0v) is 13.9. The van der Waals surface area contributed by atoms with Gasteiger partial charge in [0.05, 0.1) is 6.10 Å². The van der Waals surface area contributed by atoms with Crippen molar-refractivity contribution in [3.63, 3.8) is 0 Å². The SMILES string of the molecule is CC(C)NC(=O)CC(CCCC(=O)O)CCCC(O)CCN. The Morgan fingerprint density at radius 1 is 1.09 bits per heavy atom. The first-order chi connectivity index (χ1) is 10.3. The fraction of sp³-hybridized carbons (Fsp3) is 0.875. The first-order valence-electron chi connectivity index (χ1n) is 8.24. The van der Waals surface area contributed by atoms with Gasteiger partial charge in [0.15, 0.2) is 0 Å². The van der Waals surface area contributed by atoms with Crippen LogP contribution >= 0.6 is 0 Å². The standard InChI is InChI=1S/C16H32N2O4/c1-12(2)18-15(20)11-13(6-4-8-16(21)22)5-3-7-14(19)9-10-17/h12-14,19H,3-11,17H2,1-2H3,(H,18,20)(H,21,22). The number of carboxylic acids is 1. The van der Waals surface area contributed by atoms with Gasteiger partial charge in [-0.25, -0.2) is 0 Å². The molecule has 0 radical (unpaired) electrons. The Balaban J connectivity index is 4.20. The molecule has 0 rings (SSSR count). The lowest BCUT2D eigenvalue weighted by Crippen LogP contribution is -2.31. The Kier molecular flexibility index (Phi) is 11.8. The lowest BCUT2D eigenvalue weighted by Gasteiger charge is -2.18. The molecule has 2 unspecified atom stereocenters. The Morgan fingerprint density at radius 3 is 2.27 bits per heavy atom. The normalized spacial score (nSPS) is 13.9. The number of nitrogens with one attached hydrogen (secondary N) is 1. The van der Waals surface area contributed by atoms with E-state index >= 15 is 0 Å². The molecule has 0 aliphatic heterocycles. The van der Waals surface area contributed by atoms with Crippen molar-refractivity contribution in [2.75, 3.05) is 6.54 Å². The van der Waals surface area contributed by atoms with Crippen LogP contribution in [0, 0.1) is 5.92 Å². The van der Waals surface area contributed by atoms with E-state index in [1.165, 1.54) is 0 Å². The number of hydrogen-bond donors (Lipinski definition) is 4. The fourth-order valence-electron chi connectivity index (χ4n) is 2.51. The van der Waals surface area contributed by atoms with Gasteiger partial charge in [-0.2, -0.15) is 0 Å². The summed E-state index contributed by atoms with van der Waals surface area (Å²) in [5.74, 6) is -0.621. The largest absolute Gasteiger partial charge is 0.481 e. The van der Waals surface area contributed by atoms with E-state index in [-0.39, 0.29) is 30.4 Å². The summed E-state index contributed by atoms with van der Waals surface area (Å²) in [5, 5.41) is 21.3. The highest BCUT2D eigenvalue weighted by molar-refractivity contribution is 5.76. The number of hydrogen-bond acceptors (Lipinski definition) is 4. The van der Waals surface area contributed by atoms with Crippen molar-refractivity contribution in [1.82, 2.24) is 5.32 Å². The first kappa shape index (κ1) is 20.9. The van der Waals surface area contributed by atoms with Crippen molar-refractivity contribution in [3.05, 3.63) is 0 Å². The molecule has 0 fully saturated rings. The minimum absolute atomic E-state index is 0.0119.